The van der Waals surface area contributed by atoms with Crippen LogP contribution in [0.2, 0.25) is 0 Å². The first kappa shape index (κ1) is 35.2. The van der Waals surface area contributed by atoms with Gasteiger partial charge >= 0.3 is 0 Å². The molecule has 0 radical (unpaired) electrons. The second-order valence-corrected chi connectivity index (χ2v) is 8.52. The molecule has 43 heavy (non-hydrogen) atoms. The number of pyridine rings is 1. The molecule has 0 fully saturated rings. The predicted molar refractivity (Wildman–Crippen MR) is 157 cm³/mol. The average molecular weight is 594 g/mol. The van der Waals surface area contributed by atoms with Crippen LogP contribution in [0.5, 0.6) is 5.75 Å². The van der Waals surface area contributed by atoms with Gasteiger partial charge in [-0.1, -0.05) is 6.07 Å². The number of benzene rings is 1. The zero-order chi connectivity index (χ0) is 31.9. The fourth-order valence-electron chi connectivity index (χ4n) is 2.56. The van der Waals surface area contributed by atoms with Crippen molar-refractivity contribution in [3.63, 3.8) is 0 Å². The van der Waals surface area contributed by atoms with E-state index >= 15 is 0 Å². The Labute approximate surface area is 250 Å². The highest BCUT2D eigenvalue weighted by molar-refractivity contribution is 5.35. The Balaban J connectivity index is 0.000000262. The van der Waals surface area contributed by atoms with Crippen molar-refractivity contribution in [2.24, 2.45) is 42.3 Å². The number of hydrogen-bond donors (Lipinski definition) is 0. The molecule has 0 aliphatic carbocycles. The van der Waals surface area contributed by atoms with E-state index in [0.29, 0.717) is 5.75 Å². The van der Waals surface area contributed by atoms with Crippen LogP contribution in [0.4, 0.5) is 5.69 Å². The zero-order valence-electron chi connectivity index (χ0n) is 25.4. The van der Waals surface area contributed by atoms with E-state index in [0.717, 1.165) is 0 Å². The van der Waals surface area contributed by atoms with Crippen LogP contribution in [0, 0.1) is 10.1 Å². The van der Waals surface area contributed by atoms with Crippen LogP contribution in [0.3, 0.4) is 0 Å². The van der Waals surface area contributed by atoms with E-state index in [1.165, 1.54) is 36.6 Å². The van der Waals surface area contributed by atoms with Crippen molar-refractivity contribution < 1.29 is 18.8 Å². The first-order chi connectivity index (χ1) is 20.6. The van der Waals surface area contributed by atoms with Crippen LogP contribution in [0.1, 0.15) is 0 Å². The Bertz CT molecular complexity index is 1380. The number of nitrogens with zero attached hydrogens (tertiary/aromatic N) is 13. The summed E-state index contributed by atoms with van der Waals surface area (Å²) in [4.78, 5) is 17.2. The van der Waals surface area contributed by atoms with Gasteiger partial charge in [-0.25, -0.2) is 28.4 Å². The van der Waals surface area contributed by atoms with Gasteiger partial charge in [0, 0.05) is 57.8 Å². The molecule has 0 saturated heterocycles. The van der Waals surface area contributed by atoms with Crippen LogP contribution in [-0.2, 0) is 42.3 Å². The van der Waals surface area contributed by atoms with Crippen molar-refractivity contribution in [1.82, 2.24) is 49.1 Å². The lowest BCUT2D eigenvalue weighted by Crippen LogP contribution is -2.25. The maximum absolute atomic E-state index is 10.2. The van der Waals surface area contributed by atoms with Crippen LogP contribution < -0.4 is 13.9 Å². The smallest absolute Gasteiger partial charge is 0.269 e. The normalized spacial score (nSPS) is 9.00. The molecule has 16 nitrogen and oxygen atoms in total. The van der Waals surface area contributed by atoms with E-state index in [2.05, 4.69) is 30.6 Å². The molecule has 6 rings (SSSR count). The summed E-state index contributed by atoms with van der Waals surface area (Å²) in [6.45, 7) is 0. The maximum Gasteiger partial charge on any atom is 0.269 e. The number of rotatable bonds is 2. The van der Waals surface area contributed by atoms with Crippen LogP contribution in [0.15, 0.2) is 111 Å². The number of hydrogen-bond acceptors (Lipinski definition) is 9. The molecule has 0 amide bonds. The Hall–Kier alpha value is -5.80. The van der Waals surface area contributed by atoms with Crippen molar-refractivity contribution in [2.75, 3.05) is 7.11 Å². The minimum atomic E-state index is -0.445. The number of aryl methyl sites for hydroxylation is 6. The summed E-state index contributed by atoms with van der Waals surface area (Å²) in [6.07, 6.45) is 20.1. The molecular formula is C27H39N13O3+2. The number of nitro groups is 1. The summed E-state index contributed by atoms with van der Waals surface area (Å²) in [6, 6.07) is 11.9. The molecule has 5 aromatic heterocycles. The van der Waals surface area contributed by atoms with Gasteiger partial charge in [0.25, 0.3) is 5.69 Å². The van der Waals surface area contributed by atoms with Gasteiger partial charge in [0.2, 0.25) is 6.33 Å². The standard InChI is InChI=1S/C7H7NO3.C6H8N.C5H9N2.C4H6N2.C3H5N3.C2H4N4/c1-11-7-4-2-6(3-5-7)8(9)10;1-7-5-3-2-4-6-7;1-6-3-4-7(2)5-6;1-6-3-2-5-4-6;1-6-3-4-2-5-6;1-6-2-3-4-5-6/h2-5H,1H3;2-6H,1H3;3-5H,1-2H3;2-4H,1H3;2-3H,1H3;2H,1H3/q;2*+1;;;. The molecule has 0 atom stereocenters. The summed E-state index contributed by atoms with van der Waals surface area (Å²) in [5.74, 6) is 0.621. The van der Waals surface area contributed by atoms with E-state index in [1.807, 2.05) is 109 Å². The number of tetrazole rings is 1. The number of imidazole rings is 2. The number of methoxy groups -OCH3 is 1. The fourth-order valence-corrected chi connectivity index (χ4v) is 2.56. The molecule has 1 aromatic carbocycles. The fraction of sp³-hybridized carbons (Fsp3) is 0.259. The van der Waals surface area contributed by atoms with Gasteiger partial charge in [0.05, 0.1) is 32.5 Å². The quantitative estimate of drug-likeness (QED) is 0.164. The minimum Gasteiger partial charge on any atom is -0.497 e. The summed E-state index contributed by atoms with van der Waals surface area (Å²) in [5, 5.41) is 24.1. The summed E-state index contributed by atoms with van der Waals surface area (Å²) < 4.78 is 15.9. The Morgan fingerprint density at radius 3 is 1.74 bits per heavy atom. The first-order valence-electron chi connectivity index (χ1n) is 12.6. The highest BCUT2D eigenvalue weighted by Crippen LogP contribution is 2.16. The van der Waals surface area contributed by atoms with Crippen molar-refractivity contribution >= 4 is 5.69 Å². The van der Waals surface area contributed by atoms with Gasteiger partial charge < -0.3 is 9.30 Å². The van der Waals surface area contributed by atoms with E-state index in [1.54, 1.807) is 42.7 Å². The molecule has 0 spiro atoms. The van der Waals surface area contributed by atoms with Gasteiger partial charge in [0.15, 0.2) is 12.4 Å². The minimum absolute atomic E-state index is 0.0748. The van der Waals surface area contributed by atoms with Crippen molar-refractivity contribution in [3.8, 4) is 5.75 Å². The maximum atomic E-state index is 10.2. The topological polar surface area (TPSA) is 157 Å². The summed E-state index contributed by atoms with van der Waals surface area (Å²) in [7, 11) is 13.0. The molecule has 0 aliphatic heterocycles. The lowest BCUT2D eigenvalue weighted by molar-refractivity contribution is -0.671. The van der Waals surface area contributed by atoms with E-state index < -0.39 is 4.92 Å². The first-order valence-corrected chi connectivity index (χ1v) is 12.6. The van der Waals surface area contributed by atoms with Gasteiger partial charge in [-0.2, -0.15) is 5.10 Å². The molecule has 16 heteroatoms. The number of aromatic nitrogens is 12. The van der Waals surface area contributed by atoms with Gasteiger partial charge in [-0.15, -0.1) is 5.10 Å². The predicted octanol–water partition coefficient (Wildman–Crippen LogP) is 1.41. The molecular weight excluding hydrogens is 554 g/mol. The van der Waals surface area contributed by atoms with Crippen LogP contribution in [-0.4, -0.2) is 61.1 Å². The van der Waals surface area contributed by atoms with E-state index in [4.69, 9.17) is 4.74 Å². The van der Waals surface area contributed by atoms with E-state index in [-0.39, 0.29) is 5.69 Å². The van der Waals surface area contributed by atoms with E-state index in [9.17, 15) is 10.1 Å². The SMILES string of the molecule is COc1ccc([N+](=O)[O-])cc1.C[n+]1ccccc1.Cn1cc[n+](C)c1.Cn1ccnc1.Cn1cncn1.Cn1cnnn1. The third kappa shape index (κ3) is 18.2. The monoisotopic (exact) mass is 593 g/mol. The van der Waals surface area contributed by atoms with Crippen LogP contribution in [0.25, 0.3) is 0 Å². The molecule has 0 unspecified atom stereocenters. The number of nitro benzene ring substituents is 1. The largest absolute Gasteiger partial charge is 0.497 e. The van der Waals surface area contributed by atoms with Crippen molar-refractivity contribution in [1.29, 1.82) is 0 Å². The van der Waals surface area contributed by atoms with Crippen LogP contribution >= 0.6 is 0 Å². The Morgan fingerprint density at radius 2 is 1.51 bits per heavy atom. The molecule has 0 N–H and O–H groups in total. The molecule has 0 aliphatic rings. The second kappa shape index (κ2) is 21.0. The molecule has 5 heterocycles. The summed E-state index contributed by atoms with van der Waals surface area (Å²) in [5.41, 5.74) is 0.0748. The molecule has 228 valence electrons. The average Bonchev–Trinajstić information content (AvgIpc) is 3.83. The Morgan fingerprint density at radius 1 is 0.814 bits per heavy atom. The number of ether oxygens (including phenoxy) is 1. The van der Waals surface area contributed by atoms with Gasteiger partial charge in [-0.05, 0) is 22.6 Å². The lowest BCUT2D eigenvalue weighted by Gasteiger charge is -1.96. The number of non-ortho nitro benzene ring substituents is 1. The molecule has 6 aromatic rings. The third-order valence-corrected chi connectivity index (χ3v) is 4.67. The zero-order valence-corrected chi connectivity index (χ0v) is 25.4. The summed E-state index contributed by atoms with van der Waals surface area (Å²) >= 11 is 0. The highest BCUT2D eigenvalue weighted by atomic mass is 16.6. The molecule has 0 saturated carbocycles. The Kier molecular flexibility index (Phi) is 17.2. The highest BCUT2D eigenvalue weighted by Gasteiger charge is 2.02. The second-order valence-electron chi connectivity index (χ2n) is 8.52. The molecule has 0 bridgehead atoms. The lowest BCUT2D eigenvalue weighted by atomic mass is 10.3. The van der Waals surface area contributed by atoms with Crippen molar-refractivity contribution in [3.05, 3.63) is 121 Å². The van der Waals surface area contributed by atoms with Gasteiger partial charge in [0.1, 0.15) is 44.2 Å². The van der Waals surface area contributed by atoms with Crippen molar-refractivity contribution in [2.45, 2.75) is 0 Å². The third-order valence-electron chi connectivity index (χ3n) is 4.67. The van der Waals surface area contributed by atoms with Gasteiger partial charge in [-0.3, -0.25) is 14.8 Å².